The second-order valence-electron chi connectivity index (χ2n) is 6.62. The largest absolute Gasteiger partial charge is 0.478 e. The molecule has 1 heterocycles. The fourth-order valence-electron chi connectivity index (χ4n) is 3.03. The lowest BCUT2D eigenvalue weighted by Gasteiger charge is -2.13. The molecule has 0 unspecified atom stereocenters. The molecule has 0 saturated heterocycles. The highest BCUT2D eigenvalue weighted by molar-refractivity contribution is 5.94. The Labute approximate surface area is 165 Å². The maximum Gasteiger partial charge on any atom is 0.335 e. The van der Waals surface area contributed by atoms with E-state index in [-0.39, 0.29) is 5.56 Å². The number of anilines is 4. The second-order valence-corrected chi connectivity index (χ2v) is 6.62. The predicted molar refractivity (Wildman–Crippen MR) is 115 cm³/mol. The van der Waals surface area contributed by atoms with Crippen LogP contribution in [0.2, 0.25) is 0 Å². The van der Waals surface area contributed by atoms with Gasteiger partial charge in [0.1, 0.15) is 0 Å². The summed E-state index contributed by atoms with van der Waals surface area (Å²) in [6.07, 6.45) is 0. The van der Waals surface area contributed by atoms with Crippen molar-refractivity contribution in [2.45, 2.75) is 0 Å². The molecule has 0 saturated carbocycles. The van der Waals surface area contributed by atoms with E-state index in [0.29, 0.717) is 50.7 Å². The minimum Gasteiger partial charge on any atom is -0.478 e. The van der Waals surface area contributed by atoms with Crippen LogP contribution in [0.1, 0.15) is 10.4 Å². The van der Waals surface area contributed by atoms with E-state index < -0.39 is 5.97 Å². The highest BCUT2D eigenvalue weighted by Gasteiger charge is 2.16. The number of carbonyl (C=O) groups is 1. The van der Waals surface area contributed by atoms with Gasteiger partial charge in [-0.25, -0.2) is 14.8 Å². The number of hydrogen-bond donors (Lipinski definition) is 5. The Bertz CT molecular complexity index is 1290. The summed E-state index contributed by atoms with van der Waals surface area (Å²) in [6, 6.07) is 15.0. The number of carboxylic acid groups (broad SMARTS) is 1. The summed E-state index contributed by atoms with van der Waals surface area (Å²) in [5.74, 6) is -1.04. The van der Waals surface area contributed by atoms with Gasteiger partial charge < -0.3 is 28.0 Å². The van der Waals surface area contributed by atoms with Crippen LogP contribution in [0.4, 0.5) is 22.7 Å². The molecule has 0 aliphatic carbocycles. The highest BCUT2D eigenvalue weighted by Crippen LogP contribution is 2.34. The average molecular weight is 386 g/mol. The predicted octanol–water partition coefficient (Wildman–Crippen LogP) is 2.99. The van der Waals surface area contributed by atoms with E-state index in [9.17, 15) is 9.90 Å². The molecule has 0 fully saturated rings. The van der Waals surface area contributed by atoms with E-state index >= 15 is 0 Å². The molecule has 0 aliphatic rings. The maximum atomic E-state index is 11.3. The lowest BCUT2D eigenvalue weighted by molar-refractivity contribution is 0.0697. The monoisotopic (exact) mass is 386 g/mol. The van der Waals surface area contributed by atoms with E-state index in [0.717, 1.165) is 5.56 Å². The topological polar surface area (TPSA) is 167 Å². The summed E-state index contributed by atoms with van der Waals surface area (Å²) in [7, 11) is 0. The number of nitrogens with two attached hydrogens (primary N) is 4. The average Bonchev–Trinajstić information content (AvgIpc) is 2.70. The minimum absolute atomic E-state index is 0.124. The fourth-order valence-corrected chi connectivity index (χ4v) is 3.03. The van der Waals surface area contributed by atoms with Crippen LogP contribution in [0, 0.1) is 0 Å². The Morgan fingerprint density at radius 2 is 1.17 bits per heavy atom. The smallest absolute Gasteiger partial charge is 0.335 e. The fraction of sp³-hybridized carbons (Fsp3) is 0. The first-order valence-corrected chi connectivity index (χ1v) is 8.69. The number of aromatic nitrogens is 2. The van der Waals surface area contributed by atoms with Crippen molar-refractivity contribution in [3.05, 3.63) is 60.2 Å². The molecule has 4 aromatic rings. The van der Waals surface area contributed by atoms with Crippen molar-refractivity contribution in [1.29, 1.82) is 0 Å². The van der Waals surface area contributed by atoms with Gasteiger partial charge in [0, 0.05) is 11.1 Å². The molecule has 0 amide bonds. The summed E-state index contributed by atoms with van der Waals surface area (Å²) in [5, 5.41) is 9.28. The zero-order valence-electron chi connectivity index (χ0n) is 15.3. The Hall–Kier alpha value is -4.33. The number of fused-ring (bicyclic) bond motifs is 1. The van der Waals surface area contributed by atoms with Crippen LogP contribution in [0.25, 0.3) is 33.5 Å². The van der Waals surface area contributed by atoms with E-state index in [1.165, 1.54) is 12.1 Å². The number of carboxylic acids is 1. The molecule has 8 nitrogen and oxygen atoms in total. The number of benzene rings is 3. The Kier molecular flexibility index (Phi) is 4.16. The van der Waals surface area contributed by atoms with Crippen LogP contribution in [-0.2, 0) is 0 Å². The third-order valence-corrected chi connectivity index (χ3v) is 4.63. The van der Waals surface area contributed by atoms with E-state index in [1.54, 1.807) is 42.5 Å². The quantitative estimate of drug-likeness (QED) is 0.335. The molecule has 0 atom stereocenters. The summed E-state index contributed by atoms with van der Waals surface area (Å²) >= 11 is 0. The van der Waals surface area contributed by atoms with Gasteiger partial charge in [-0.05, 0) is 42.5 Å². The maximum absolute atomic E-state index is 11.3. The molecular weight excluding hydrogens is 368 g/mol. The molecule has 144 valence electrons. The standard InChI is InChI=1S/C21H18N6O2/c22-13-4-1-10(7-15(13)24)19-20(11-2-5-14(23)16(25)8-11)27-18-9-12(21(28)29)3-6-17(18)26-19/h1-9H,22-25H2,(H,28,29). The van der Waals surface area contributed by atoms with Gasteiger partial charge in [-0.15, -0.1) is 0 Å². The summed E-state index contributed by atoms with van der Waals surface area (Å²) in [5.41, 5.74) is 29.0. The molecule has 9 N–H and O–H groups in total. The van der Waals surface area contributed by atoms with Crippen molar-refractivity contribution in [3.8, 4) is 22.5 Å². The van der Waals surface area contributed by atoms with Gasteiger partial charge in [0.2, 0.25) is 0 Å². The number of nitrogen functional groups attached to an aromatic ring is 4. The van der Waals surface area contributed by atoms with Gasteiger partial charge in [-0.3, -0.25) is 0 Å². The van der Waals surface area contributed by atoms with Gasteiger partial charge in [0.25, 0.3) is 0 Å². The van der Waals surface area contributed by atoms with Gasteiger partial charge >= 0.3 is 5.97 Å². The van der Waals surface area contributed by atoms with Crippen molar-refractivity contribution in [2.24, 2.45) is 0 Å². The molecule has 0 radical (unpaired) electrons. The first kappa shape index (κ1) is 18.1. The van der Waals surface area contributed by atoms with Crippen molar-refractivity contribution in [2.75, 3.05) is 22.9 Å². The first-order chi connectivity index (χ1) is 13.8. The number of rotatable bonds is 3. The Morgan fingerprint density at radius 3 is 1.66 bits per heavy atom. The Balaban J connectivity index is 2.03. The van der Waals surface area contributed by atoms with Crippen LogP contribution in [0.3, 0.4) is 0 Å². The molecule has 4 rings (SSSR count). The van der Waals surface area contributed by atoms with Crippen LogP contribution >= 0.6 is 0 Å². The van der Waals surface area contributed by atoms with Crippen LogP contribution in [0.5, 0.6) is 0 Å². The number of nitrogens with zero attached hydrogens (tertiary/aromatic N) is 2. The zero-order valence-corrected chi connectivity index (χ0v) is 15.3. The molecular formula is C21H18N6O2. The number of hydrogen-bond acceptors (Lipinski definition) is 7. The first-order valence-electron chi connectivity index (χ1n) is 8.69. The van der Waals surface area contributed by atoms with E-state index in [2.05, 4.69) is 0 Å². The molecule has 1 aromatic heterocycles. The van der Waals surface area contributed by atoms with Crippen molar-refractivity contribution >= 4 is 39.8 Å². The third-order valence-electron chi connectivity index (χ3n) is 4.63. The lowest BCUT2D eigenvalue weighted by Crippen LogP contribution is -2.01. The zero-order chi connectivity index (χ0) is 20.7. The molecule has 8 heteroatoms. The molecule has 29 heavy (non-hydrogen) atoms. The molecule has 0 bridgehead atoms. The highest BCUT2D eigenvalue weighted by atomic mass is 16.4. The van der Waals surface area contributed by atoms with Gasteiger partial charge in [-0.2, -0.15) is 0 Å². The molecule has 0 aliphatic heterocycles. The van der Waals surface area contributed by atoms with Gasteiger partial charge in [-0.1, -0.05) is 12.1 Å². The third kappa shape index (κ3) is 3.23. The van der Waals surface area contributed by atoms with Gasteiger partial charge in [0.05, 0.1) is 50.7 Å². The van der Waals surface area contributed by atoms with Crippen LogP contribution in [-0.4, -0.2) is 21.0 Å². The summed E-state index contributed by atoms with van der Waals surface area (Å²) < 4.78 is 0. The molecule has 3 aromatic carbocycles. The molecule has 0 spiro atoms. The minimum atomic E-state index is -1.04. The Morgan fingerprint density at radius 1 is 0.655 bits per heavy atom. The van der Waals surface area contributed by atoms with Gasteiger partial charge in [0.15, 0.2) is 0 Å². The second kappa shape index (κ2) is 6.68. The van der Waals surface area contributed by atoms with E-state index in [4.69, 9.17) is 32.9 Å². The van der Waals surface area contributed by atoms with E-state index in [1.807, 2.05) is 0 Å². The lowest BCUT2D eigenvalue weighted by atomic mass is 10.0. The van der Waals surface area contributed by atoms with Crippen molar-refractivity contribution < 1.29 is 9.90 Å². The normalized spacial score (nSPS) is 10.9. The summed E-state index contributed by atoms with van der Waals surface area (Å²) in [6.45, 7) is 0. The SMILES string of the molecule is Nc1ccc(-c2nc3ccc(C(=O)O)cc3nc2-c2ccc(N)c(N)c2)cc1N. The van der Waals surface area contributed by atoms with Crippen molar-refractivity contribution in [1.82, 2.24) is 9.97 Å². The van der Waals surface area contributed by atoms with Crippen LogP contribution < -0.4 is 22.9 Å². The van der Waals surface area contributed by atoms with Crippen LogP contribution in [0.15, 0.2) is 54.6 Å². The van der Waals surface area contributed by atoms with Crippen molar-refractivity contribution in [3.63, 3.8) is 0 Å². The summed E-state index contributed by atoms with van der Waals surface area (Å²) in [4.78, 5) is 20.7. The number of aromatic carboxylic acids is 1.